The van der Waals surface area contributed by atoms with Crippen molar-refractivity contribution < 1.29 is 9.26 Å². The molecule has 0 radical (unpaired) electrons. The molecule has 152 valence electrons. The van der Waals surface area contributed by atoms with Gasteiger partial charge in [-0.3, -0.25) is 0 Å². The Morgan fingerprint density at radius 1 is 1.10 bits per heavy atom. The van der Waals surface area contributed by atoms with Gasteiger partial charge in [0.05, 0.1) is 18.4 Å². The Morgan fingerprint density at radius 2 is 1.76 bits per heavy atom. The van der Waals surface area contributed by atoms with E-state index in [0.29, 0.717) is 5.69 Å². The van der Waals surface area contributed by atoms with E-state index in [1.165, 1.54) is 0 Å². The number of nitriles is 1. The van der Waals surface area contributed by atoms with Crippen LogP contribution >= 0.6 is 0 Å². The van der Waals surface area contributed by atoms with Gasteiger partial charge in [-0.1, -0.05) is 38.1 Å². The van der Waals surface area contributed by atoms with Gasteiger partial charge in [-0.25, -0.2) is 0 Å². The molecule has 1 aromatic carbocycles. The maximum absolute atomic E-state index is 10.0. The largest absolute Gasteiger partial charge is 0.497 e. The summed E-state index contributed by atoms with van der Waals surface area (Å²) >= 11 is 0. The van der Waals surface area contributed by atoms with Gasteiger partial charge in [0.1, 0.15) is 23.3 Å². The van der Waals surface area contributed by atoms with E-state index in [4.69, 9.17) is 9.26 Å². The molecule has 3 aromatic rings. The zero-order valence-corrected chi connectivity index (χ0v) is 18.4. The fraction of sp³-hybridized carbons (Fsp3) is 0.417. The molecule has 0 amide bonds. The lowest BCUT2D eigenvalue weighted by atomic mass is 9.87. The molecular weight excluding hydrogens is 362 g/mol. The van der Waals surface area contributed by atoms with Crippen LogP contribution < -0.4 is 4.74 Å². The zero-order chi connectivity index (χ0) is 21.3. The third-order valence-electron chi connectivity index (χ3n) is 5.40. The molecule has 5 heteroatoms. The van der Waals surface area contributed by atoms with Crippen molar-refractivity contribution in [3.8, 4) is 34.1 Å². The minimum absolute atomic E-state index is 0.192. The molecule has 5 nitrogen and oxygen atoms in total. The van der Waals surface area contributed by atoms with Crippen molar-refractivity contribution in [2.24, 2.45) is 12.5 Å². The van der Waals surface area contributed by atoms with E-state index >= 15 is 0 Å². The third kappa shape index (κ3) is 3.93. The van der Waals surface area contributed by atoms with Crippen LogP contribution in [-0.4, -0.2) is 16.8 Å². The summed E-state index contributed by atoms with van der Waals surface area (Å²) in [6, 6.07) is 10.4. The highest BCUT2D eigenvalue weighted by atomic mass is 16.5. The number of aromatic nitrogens is 2. The number of ether oxygens (including phenoxy) is 1. The Bertz CT molecular complexity index is 1040. The lowest BCUT2D eigenvalue weighted by Gasteiger charge is -2.19. The standard InChI is InChI=1S/C24H29N3O2/c1-15-21(16(2)29-26-15)23-20(14-25)27(6)19(12-13-24(3,4)5)22(23)17-8-10-18(28-7)11-9-17/h8-11H,12-13H2,1-7H3. The Balaban J connectivity index is 2.32. The summed E-state index contributed by atoms with van der Waals surface area (Å²) in [4.78, 5) is 0. The molecule has 0 unspecified atom stereocenters. The fourth-order valence-corrected chi connectivity index (χ4v) is 3.80. The van der Waals surface area contributed by atoms with Crippen molar-refractivity contribution in [3.63, 3.8) is 0 Å². The second-order valence-electron chi connectivity index (χ2n) is 8.70. The molecule has 2 aromatic heterocycles. The summed E-state index contributed by atoms with van der Waals surface area (Å²) in [5, 5.41) is 14.2. The lowest BCUT2D eigenvalue weighted by molar-refractivity contribution is 0.375. The fourth-order valence-electron chi connectivity index (χ4n) is 3.80. The summed E-state index contributed by atoms with van der Waals surface area (Å²) < 4.78 is 12.8. The predicted octanol–water partition coefficient (Wildman–Crippen LogP) is 5.82. The smallest absolute Gasteiger partial charge is 0.141 e. The first-order valence-corrected chi connectivity index (χ1v) is 9.87. The van der Waals surface area contributed by atoms with Crippen LogP contribution in [-0.2, 0) is 13.5 Å². The van der Waals surface area contributed by atoms with Crippen molar-refractivity contribution in [1.29, 1.82) is 5.26 Å². The number of aryl methyl sites for hydroxylation is 2. The normalized spacial score (nSPS) is 11.5. The molecule has 0 aliphatic heterocycles. The minimum atomic E-state index is 0.192. The van der Waals surface area contributed by atoms with Gasteiger partial charge in [-0.15, -0.1) is 0 Å². The van der Waals surface area contributed by atoms with Crippen LogP contribution in [0.15, 0.2) is 28.8 Å². The van der Waals surface area contributed by atoms with Crippen LogP contribution in [0.2, 0.25) is 0 Å². The number of hydrogen-bond acceptors (Lipinski definition) is 4. The molecule has 0 spiro atoms. The van der Waals surface area contributed by atoms with Crippen LogP contribution in [0.3, 0.4) is 0 Å². The third-order valence-corrected chi connectivity index (χ3v) is 5.40. The average molecular weight is 392 g/mol. The van der Waals surface area contributed by atoms with Crippen LogP contribution in [0.1, 0.15) is 50.0 Å². The van der Waals surface area contributed by atoms with Gasteiger partial charge in [-0.05, 0) is 49.8 Å². The van der Waals surface area contributed by atoms with E-state index in [0.717, 1.165) is 58.0 Å². The lowest BCUT2D eigenvalue weighted by Crippen LogP contribution is -2.09. The molecule has 0 fully saturated rings. The highest BCUT2D eigenvalue weighted by Crippen LogP contribution is 2.43. The zero-order valence-electron chi connectivity index (χ0n) is 18.4. The maximum atomic E-state index is 10.0. The first kappa shape index (κ1) is 20.7. The second kappa shape index (κ2) is 7.79. The second-order valence-corrected chi connectivity index (χ2v) is 8.70. The van der Waals surface area contributed by atoms with Crippen molar-refractivity contribution in [2.45, 2.75) is 47.5 Å². The van der Waals surface area contributed by atoms with Crippen molar-refractivity contribution in [2.75, 3.05) is 7.11 Å². The van der Waals surface area contributed by atoms with Gasteiger partial charge in [0, 0.05) is 23.9 Å². The molecule has 0 atom stereocenters. The minimum Gasteiger partial charge on any atom is -0.497 e. The Kier molecular flexibility index (Phi) is 5.57. The van der Waals surface area contributed by atoms with E-state index in [1.807, 2.05) is 37.6 Å². The molecular formula is C24H29N3O2. The topological polar surface area (TPSA) is 64.0 Å². The predicted molar refractivity (Wildman–Crippen MR) is 115 cm³/mol. The van der Waals surface area contributed by atoms with E-state index in [9.17, 15) is 5.26 Å². The molecule has 0 aliphatic carbocycles. The van der Waals surface area contributed by atoms with Gasteiger partial charge >= 0.3 is 0 Å². The average Bonchev–Trinajstić information content (AvgIpc) is 3.14. The van der Waals surface area contributed by atoms with Crippen LogP contribution in [0, 0.1) is 30.6 Å². The SMILES string of the molecule is COc1ccc(-c2c(-c3c(C)noc3C)c(C#N)n(C)c2CCC(C)(C)C)cc1. The molecule has 0 aliphatic rings. The number of hydrogen-bond donors (Lipinski definition) is 0. The van der Waals surface area contributed by atoms with Gasteiger partial charge in [-0.2, -0.15) is 5.26 Å². The first-order chi connectivity index (χ1) is 13.7. The van der Waals surface area contributed by atoms with Gasteiger partial charge in [0.2, 0.25) is 0 Å². The van der Waals surface area contributed by atoms with E-state index in [-0.39, 0.29) is 5.41 Å². The molecule has 0 bridgehead atoms. The van der Waals surface area contributed by atoms with Crippen molar-refractivity contribution >= 4 is 0 Å². The Morgan fingerprint density at radius 3 is 2.24 bits per heavy atom. The van der Waals surface area contributed by atoms with Crippen LogP contribution in [0.5, 0.6) is 5.75 Å². The number of nitrogens with zero attached hydrogens (tertiary/aromatic N) is 3. The molecule has 0 saturated carbocycles. The quantitative estimate of drug-likeness (QED) is 0.549. The summed E-state index contributed by atoms with van der Waals surface area (Å²) in [6.45, 7) is 10.5. The molecule has 0 saturated heterocycles. The molecule has 0 N–H and O–H groups in total. The summed E-state index contributed by atoms with van der Waals surface area (Å²) in [7, 11) is 3.64. The monoisotopic (exact) mass is 391 g/mol. The summed E-state index contributed by atoms with van der Waals surface area (Å²) in [6.07, 6.45) is 1.89. The summed E-state index contributed by atoms with van der Waals surface area (Å²) in [5.74, 6) is 1.53. The number of methoxy groups -OCH3 is 1. The van der Waals surface area contributed by atoms with E-state index < -0.39 is 0 Å². The maximum Gasteiger partial charge on any atom is 0.141 e. The Hall–Kier alpha value is -3.00. The highest BCUT2D eigenvalue weighted by Gasteiger charge is 2.28. The van der Waals surface area contributed by atoms with E-state index in [1.54, 1.807) is 7.11 Å². The van der Waals surface area contributed by atoms with Crippen molar-refractivity contribution in [1.82, 2.24) is 9.72 Å². The number of rotatable bonds is 5. The number of benzene rings is 1. The first-order valence-electron chi connectivity index (χ1n) is 9.87. The van der Waals surface area contributed by atoms with Gasteiger partial charge in [0.15, 0.2) is 0 Å². The highest BCUT2D eigenvalue weighted by molar-refractivity contribution is 5.91. The van der Waals surface area contributed by atoms with Gasteiger partial charge in [0.25, 0.3) is 0 Å². The summed E-state index contributed by atoms with van der Waals surface area (Å²) in [5.41, 5.74) is 6.71. The van der Waals surface area contributed by atoms with Crippen molar-refractivity contribution in [3.05, 3.63) is 47.1 Å². The van der Waals surface area contributed by atoms with Crippen LogP contribution in [0.4, 0.5) is 0 Å². The van der Waals surface area contributed by atoms with E-state index in [2.05, 4.69) is 44.1 Å². The molecule has 2 heterocycles. The molecule has 3 rings (SSSR count). The van der Waals surface area contributed by atoms with Crippen LogP contribution in [0.25, 0.3) is 22.3 Å². The Labute approximate surface area is 172 Å². The molecule has 29 heavy (non-hydrogen) atoms. The van der Waals surface area contributed by atoms with Gasteiger partial charge < -0.3 is 13.8 Å².